The number of carboxylic acids is 1. The number of hydrogen-bond acceptors (Lipinski definition) is 4. The fourth-order valence-electron chi connectivity index (χ4n) is 2.34. The first-order valence-corrected chi connectivity index (χ1v) is 5.96. The lowest BCUT2D eigenvalue weighted by Gasteiger charge is -2.26. The molecular weight excluding hydrogens is 253 g/mol. The second kappa shape index (κ2) is 5.54. The second-order valence-electron chi connectivity index (χ2n) is 4.78. The highest BCUT2D eigenvalue weighted by Crippen LogP contribution is 2.22. The quantitative estimate of drug-likeness (QED) is 0.855. The number of hydrogen-bond donors (Lipinski definition) is 2. The summed E-state index contributed by atoms with van der Waals surface area (Å²) in [7, 11) is 1.76. The van der Waals surface area contributed by atoms with Gasteiger partial charge in [0.05, 0.1) is 19.1 Å². The molecule has 1 aliphatic rings. The standard InChI is InChI=1S/C13H16FNO4/c1-15(12-7-19-6-11(12)13(17)18)5-8-2-9(14)4-10(16)3-8/h2-4,11-12,16H,5-7H2,1H3,(H,17,18). The molecule has 0 saturated carbocycles. The van der Waals surface area contributed by atoms with Crippen molar-refractivity contribution in [2.75, 3.05) is 20.3 Å². The molecule has 0 aliphatic carbocycles. The monoisotopic (exact) mass is 269 g/mol. The van der Waals surface area contributed by atoms with E-state index in [1.54, 1.807) is 11.9 Å². The van der Waals surface area contributed by atoms with Crippen LogP contribution in [0.3, 0.4) is 0 Å². The molecule has 2 unspecified atom stereocenters. The first-order valence-electron chi connectivity index (χ1n) is 5.96. The Balaban J connectivity index is 2.08. The Morgan fingerprint density at radius 2 is 2.21 bits per heavy atom. The topological polar surface area (TPSA) is 70.0 Å². The Morgan fingerprint density at radius 1 is 1.47 bits per heavy atom. The molecule has 1 fully saturated rings. The van der Waals surface area contributed by atoms with Crippen LogP contribution in [-0.4, -0.2) is 47.4 Å². The van der Waals surface area contributed by atoms with Crippen molar-refractivity contribution in [1.29, 1.82) is 0 Å². The number of likely N-dealkylation sites (N-methyl/N-ethyl adjacent to an activating group) is 1. The predicted molar refractivity (Wildman–Crippen MR) is 65.3 cm³/mol. The van der Waals surface area contributed by atoms with E-state index in [0.717, 1.165) is 6.07 Å². The van der Waals surface area contributed by atoms with E-state index in [2.05, 4.69) is 0 Å². The van der Waals surface area contributed by atoms with Crippen LogP contribution >= 0.6 is 0 Å². The van der Waals surface area contributed by atoms with Crippen LogP contribution in [0, 0.1) is 11.7 Å². The average molecular weight is 269 g/mol. The average Bonchev–Trinajstić information content (AvgIpc) is 2.75. The van der Waals surface area contributed by atoms with Crippen LogP contribution in [0.1, 0.15) is 5.56 Å². The van der Waals surface area contributed by atoms with Gasteiger partial charge in [-0.2, -0.15) is 0 Å². The van der Waals surface area contributed by atoms with Crippen molar-refractivity contribution in [1.82, 2.24) is 4.90 Å². The molecule has 2 rings (SSSR count). The zero-order chi connectivity index (χ0) is 14.0. The van der Waals surface area contributed by atoms with Crippen LogP contribution in [-0.2, 0) is 16.1 Å². The SMILES string of the molecule is CN(Cc1cc(O)cc(F)c1)C1COCC1C(=O)O. The maximum Gasteiger partial charge on any atom is 0.310 e. The highest BCUT2D eigenvalue weighted by Gasteiger charge is 2.36. The smallest absolute Gasteiger partial charge is 0.310 e. The third-order valence-corrected chi connectivity index (χ3v) is 3.31. The summed E-state index contributed by atoms with van der Waals surface area (Å²) < 4.78 is 18.4. The Kier molecular flexibility index (Phi) is 4.01. The Labute approximate surface area is 110 Å². The van der Waals surface area contributed by atoms with Crippen LogP contribution < -0.4 is 0 Å². The molecule has 1 aromatic rings. The molecule has 1 aromatic carbocycles. The van der Waals surface area contributed by atoms with Crippen molar-refractivity contribution < 1.29 is 24.1 Å². The molecule has 2 N–H and O–H groups in total. The zero-order valence-corrected chi connectivity index (χ0v) is 10.5. The number of benzene rings is 1. The lowest BCUT2D eigenvalue weighted by atomic mass is 10.0. The van der Waals surface area contributed by atoms with Gasteiger partial charge >= 0.3 is 5.97 Å². The molecule has 0 spiro atoms. The van der Waals surface area contributed by atoms with Crippen LogP contribution in [0.4, 0.5) is 4.39 Å². The fraction of sp³-hybridized carbons (Fsp3) is 0.462. The molecule has 1 heterocycles. The lowest BCUT2D eigenvalue weighted by Crippen LogP contribution is -2.40. The van der Waals surface area contributed by atoms with Crippen molar-refractivity contribution >= 4 is 5.97 Å². The van der Waals surface area contributed by atoms with Crippen LogP contribution in [0.2, 0.25) is 0 Å². The summed E-state index contributed by atoms with van der Waals surface area (Å²) in [5, 5.41) is 18.4. The summed E-state index contributed by atoms with van der Waals surface area (Å²) in [5.74, 6) is -2.12. The Hall–Kier alpha value is -1.66. The van der Waals surface area contributed by atoms with Crippen molar-refractivity contribution in [2.45, 2.75) is 12.6 Å². The minimum Gasteiger partial charge on any atom is -0.508 e. The summed E-state index contributed by atoms with van der Waals surface area (Å²) in [4.78, 5) is 12.9. The van der Waals surface area contributed by atoms with Crippen LogP contribution in [0.5, 0.6) is 5.75 Å². The number of ether oxygens (including phenoxy) is 1. The van der Waals surface area contributed by atoms with E-state index in [0.29, 0.717) is 18.7 Å². The molecule has 19 heavy (non-hydrogen) atoms. The highest BCUT2D eigenvalue weighted by atomic mass is 19.1. The van der Waals surface area contributed by atoms with E-state index < -0.39 is 17.7 Å². The molecule has 5 nitrogen and oxygen atoms in total. The number of halogens is 1. The van der Waals surface area contributed by atoms with Crippen molar-refractivity contribution in [2.24, 2.45) is 5.92 Å². The van der Waals surface area contributed by atoms with Crippen LogP contribution in [0.25, 0.3) is 0 Å². The Bertz CT molecular complexity index is 459. The molecule has 1 aliphatic heterocycles. The van der Waals surface area contributed by atoms with Gasteiger partial charge in [-0.25, -0.2) is 4.39 Å². The van der Waals surface area contributed by atoms with E-state index >= 15 is 0 Å². The van der Waals surface area contributed by atoms with Crippen molar-refractivity contribution in [3.63, 3.8) is 0 Å². The van der Waals surface area contributed by atoms with Gasteiger partial charge in [-0.15, -0.1) is 0 Å². The molecule has 6 heteroatoms. The maximum atomic E-state index is 13.2. The van der Waals surface area contributed by atoms with E-state index in [1.165, 1.54) is 12.1 Å². The molecule has 0 aromatic heterocycles. The third kappa shape index (κ3) is 3.21. The summed E-state index contributed by atoms with van der Waals surface area (Å²) in [6.45, 7) is 0.886. The molecule has 0 radical (unpaired) electrons. The molecule has 104 valence electrons. The number of carboxylic acid groups (broad SMARTS) is 1. The number of carbonyl (C=O) groups is 1. The number of aliphatic carboxylic acids is 1. The van der Waals surface area contributed by atoms with Gasteiger partial charge < -0.3 is 14.9 Å². The van der Waals surface area contributed by atoms with Gasteiger partial charge in [-0.05, 0) is 24.7 Å². The summed E-state index contributed by atoms with van der Waals surface area (Å²) in [6.07, 6.45) is 0. The normalized spacial score (nSPS) is 22.9. The van der Waals surface area contributed by atoms with Gasteiger partial charge in [0.15, 0.2) is 0 Å². The Morgan fingerprint density at radius 3 is 2.84 bits per heavy atom. The van der Waals surface area contributed by atoms with E-state index in [4.69, 9.17) is 9.84 Å². The summed E-state index contributed by atoms with van der Waals surface area (Å²) in [5.41, 5.74) is 0.594. The second-order valence-corrected chi connectivity index (χ2v) is 4.78. The molecular formula is C13H16FNO4. The summed E-state index contributed by atoms with van der Waals surface area (Å²) >= 11 is 0. The third-order valence-electron chi connectivity index (χ3n) is 3.31. The first kappa shape index (κ1) is 13.8. The molecule has 0 amide bonds. The van der Waals surface area contributed by atoms with E-state index in [-0.39, 0.29) is 18.4 Å². The summed E-state index contributed by atoms with van der Waals surface area (Å²) in [6, 6.07) is 3.57. The number of rotatable bonds is 4. The van der Waals surface area contributed by atoms with Gasteiger partial charge in [0.1, 0.15) is 11.6 Å². The van der Waals surface area contributed by atoms with Crippen molar-refractivity contribution in [3.05, 3.63) is 29.6 Å². The predicted octanol–water partition coefficient (Wildman–Crippen LogP) is 1.06. The largest absolute Gasteiger partial charge is 0.508 e. The van der Waals surface area contributed by atoms with Crippen molar-refractivity contribution in [3.8, 4) is 5.75 Å². The molecule has 0 bridgehead atoms. The first-order chi connectivity index (χ1) is 8.97. The lowest BCUT2D eigenvalue weighted by molar-refractivity contribution is -0.143. The molecule has 1 saturated heterocycles. The minimum atomic E-state index is -0.892. The van der Waals surface area contributed by atoms with Crippen LogP contribution in [0.15, 0.2) is 18.2 Å². The van der Waals surface area contributed by atoms with E-state index in [9.17, 15) is 14.3 Å². The van der Waals surface area contributed by atoms with E-state index in [1.807, 2.05) is 0 Å². The number of nitrogens with zero attached hydrogens (tertiary/aromatic N) is 1. The van der Waals surface area contributed by atoms with Gasteiger partial charge in [-0.1, -0.05) is 0 Å². The van der Waals surface area contributed by atoms with Gasteiger partial charge in [0.2, 0.25) is 0 Å². The fourth-order valence-corrected chi connectivity index (χ4v) is 2.34. The minimum absolute atomic E-state index is 0.138. The van der Waals surface area contributed by atoms with Gasteiger partial charge in [0.25, 0.3) is 0 Å². The van der Waals surface area contributed by atoms with Gasteiger partial charge in [0, 0.05) is 18.7 Å². The molecule has 2 atom stereocenters. The highest BCUT2D eigenvalue weighted by molar-refractivity contribution is 5.71. The number of aromatic hydroxyl groups is 1. The number of phenolic OH excluding ortho intramolecular Hbond substituents is 1. The van der Waals surface area contributed by atoms with Gasteiger partial charge in [-0.3, -0.25) is 9.69 Å². The zero-order valence-electron chi connectivity index (χ0n) is 10.5. The maximum absolute atomic E-state index is 13.2. The number of phenols is 1.